The summed E-state index contributed by atoms with van der Waals surface area (Å²) in [5.74, 6) is 0.851. The first-order chi connectivity index (χ1) is 14.3. The summed E-state index contributed by atoms with van der Waals surface area (Å²) in [6.45, 7) is 2.68. The first-order valence-electron chi connectivity index (χ1n) is 9.68. The summed E-state index contributed by atoms with van der Waals surface area (Å²) < 4.78 is 4.10. The third kappa shape index (κ3) is 3.18. The number of hydrogen-bond acceptors (Lipinski definition) is 4. The molecule has 0 saturated carbocycles. The van der Waals surface area contributed by atoms with Gasteiger partial charge in [-0.05, 0) is 30.2 Å². The zero-order valence-corrected chi connectivity index (χ0v) is 16.1. The number of fused-ring (bicyclic) bond motifs is 1. The Labute approximate surface area is 168 Å². The van der Waals surface area contributed by atoms with Crippen LogP contribution in [0.2, 0.25) is 0 Å². The summed E-state index contributed by atoms with van der Waals surface area (Å²) in [7, 11) is 0. The molecule has 0 unspecified atom stereocenters. The van der Waals surface area contributed by atoms with Crippen molar-refractivity contribution in [3.8, 4) is 22.6 Å². The van der Waals surface area contributed by atoms with Gasteiger partial charge < -0.3 is 4.57 Å². The average molecular weight is 380 g/mol. The van der Waals surface area contributed by atoms with Crippen LogP contribution in [-0.4, -0.2) is 29.1 Å². The van der Waals surface area contributed by atoms with Crippen LogP contribution in [0, 0.1) is 0 Å². The molecule has 0 aliphatic heterocycles. The minimum absolute atomic E-state index is 0.553. The van der Waals surface area contributed by atoms with Gasteiger partial charge >= 0.3 is 0 Å². The fourth-order valence-corrected chi connectivity index (χ4v) is 3.50. The number of aromatic nitrogens is 6. The first kappa shape index (κ1) is 17.3. The van der Waals surface area contributed by atoms with Gasteiger partial charge in [-0.15, -0.1) is 10.2 Å². The molecule has 5 aromatic rings. The van der Waals surface area contributed by atoms with E-state index >= 15 is 0 Å². The molecular weight excluding hydrogens is 360 g/mol. The predicted molar refractivity (Wildman–Crippen MR) is 112 cm³/mol. The highest BCUT2D eigenvalue weighted by atomic mass is 15.3. The van der Waals surface area contributed by atoms with Crippen LogP contribution in [0.5, 0.6) is 0 Å². The third-order valence-electron chi connectivity index (χ3n) is 5.06. The van der Waals surface area contributed by atoms with Crippen molar-refractivity contribution < 1.29 is 0 Å². The molecule has 0 spiro atoms. The second-order valence-electron chi connectivity index (χ2n) is 6.89. The molecule has 0 amide bonds. The Hall–Kier alpha value is -3.80. The second-order valence-corrected chi connectivity index (χ2v) is 6.89. The second kappa shape index (κ2) is 7.31. The van der Waals surface area contributed by atoms with Crippen molar-refractivity contribution in [1.82, 2.24) is 29.1 Å². The van der Waals surface area contributed by atoms with Crippen LogP contribution in [0.25, 0.3) is 28.3 Å². The average Bonchev–Trinajstić information content (AvgIpc) is 3.39. The summed E-state index contributed by atoms with van der Waals surface area (Å²) in [5, 5.41) is 8.65. The highest BCUT2D eigenvalue weighted by molar-refractivity contribution is 5.76. The van der Waals surface area contributed by atoms with Crippen molar-refractivity contribution in [1.29, 1.82) is 0 Å². The van der Waals surface area contributed by atoms with Gasteiger partial charge in [-0.2, -0.15) is 0 Å². The van der Waals surface area contributed by atoms with Gasteiger partial charge in [0.05, 0.1) is 30.0 Å². The first-order valence-corrected chi connectivity index (χ1v) is 9.68. The van der Waals surface area contributed by atoms with Gasteiger partial charge in [0.1, 0.15) is 0 Å². The Morgan fingerprint density at radius 1 is 0.862 bits per heavy atom. The molecule has 0 aliphatic rings. The fourth-order valence-electron chi connectivity index (χ4n) is 3.50. The standard InChI is InChI=1S/C23H20N6/c1-2-17-11-12-19(24-14-17)23-22(18-8-4-3-5-9-18)25-16-28(23)15-21-27-26-20-10-6-7-13-29(20)21/h3-14,16H,2,15H2,1H3. The van der Waals surface area contributed by atoms with Crippen molar-refractivity contribution in [2.75, 3.05) is 0 Å². The van der Waals surface area contributed by atoms with E-state index in [-0.39, 0.29) is 0 Å². The van der Waals surface area contributed by atoms with Gasteiger partial charge in [0.2, 0.25) is 0 Å². The zero-order valence-electron chi connectivity index (χ0n) is 16.1. The quantitative estimate of drug-likeness (QED) is 0.457. The molecule has 0 atom stereocenters. The molecule has 6 nitrogen and oxygen atoms in total. The van der Waals surface area contributed by atoms with Crippen molar-refractivity contribution in [2.24, 2.45) is 0 Å². The lowest BCUT2D eigenvalue weighted by atomic mass is 10.1. The van der Waals surface area contributed by atoms with Crippen molar-refractivity contribution in [3.63, 3.8) is 0 Å². The van der Waals surface area contributed by atoms with Gasteiger partial charge in [-0.3, -0.25) is 9.38 Å². The lowest BCUT2D eigenvalue weighted by Crippen LogP contribution is -2.06. The van der Waals surface area contributed by atoms with Crippen molar-refractivity contribution in [3.05, 3.63) is 90.8 Å². The highest BCUT2D eigenvalue weighted by Gasteiger charge is 2.18. The Morgan fingerprint density at radius 2 is 1.72 bits per heavy atom. The summed E-state index contributed by atoms with van der Waals surface area (Å²) >= 11 is 0. The maximum Gasteiger partial charge on any atom is 0.160 e. The Bertz CT molecular complexity index is 1250. The molecule has 6 heteroatoms. The van der Waals surface area contributed by atoms with Crippen molar-refractivity contribution in [2.45, 2.75) is 19.9 Å². The van der Waals surface area contributed by atoms with Crippen LogP contribution in [0.3, 0.4) is 0 Å². The Kier molecular flexibility index (Phi) is 4.37. The van der Waals surface area contributed by atoms with E-state index in [4.69, 9.17) is 9.97 Å². The van der Waals surface area contributed by atoms with E-state index in [9.17, 15) is 0 Å². The minimum Gasteiger partial charge on any atom is -0.321 e. The van der Waals surface area contributed by atoms with E-state index in [0.717, 1.165) is 40.5 Å². The van der Waals surface area contributed by atoms with Crippen LogP contribution in [0.4, 0.5) is 0 Å². The van der Waals surface area contributed by atoms with Gasteiger partial charge in [0.25, 0.3) is 0 Å². The molecule has 0 bridgehead atoms. The van der Waals surface area contributed by atoms with Gasteiger partial charge in [-0.1, -0.05) is 49.4 Å². The summed E-state index contributed by atoms with van der Waals surface area (Å²) in [6.07, 6.45) is 6.74. The lowest BCUT2D eigenvalue weighted by Gasteiger charge is -2.10. The third-order valence-corrected chi connectivity index (χ3v) is 5.06. The van der Waals surface area contributed by atoms with E-state index in [1.165, 1.54) is 5.56 Å². The fraction of sp³-hybridized carbons (Fsp3) is 0.130. The van der Waals surface area contributed by atoms with E-state index in [2.05, 4.69) is 46.0 Å². The topological polar surface area (TPSA) is 60.9 Å². The number of rotatable bonds is 5. The molecule has 5 rings (SSSR count). The van der Waals surface area contributed by atoms with E-state index in [1.54, 1.807) is 0 Å². The SMILES string of the molecule is CCc1ccc(-c2c(-c3ccccc3)ncn2Cc2nnc3ccccn23)nc1. The lowest BCUT2D eigenvalue weighted by molar-refractivity contribution is 0.737. The smallest absolute Gasteiger partial charge is 0.160 e. The zero-order chi connectivity index (χ0) is 19.6. The molecule has 29 heavy (non-hydrogen) atoms. The predicted octanol–water partition coefficient (Wildman–Crippen LogP) is 4.27. The molecule has 4 aromatic heterocycles. The normalized spacial score (nSPS) is 11.2. The van der Waals surface area contributed by atoms with E-state index in [0.29, 0.717) is 6.54 Å². The number of imidazole rings is 1. The maximum atomic E-state index is 4.73. The highest BCUT2D eigenvalue weighted by Crippen LogP contribution is 2.30. The molecule has 0 aliphatic carbocycles. The number of benzene rings is 1. The number of nitrogens with zero attached hydrogens (tertiary/aromatic N) is 6. The number of pyridine rings is 2. The van der Waals surface area contributed by atoms with Crippen LogP contribution in [-0.2, 0) is 13.0 Å². The number of hydrogen-bond donors (Lipinski definition) is 0. The molecule has 0 N–H and O–H groups in total. The van der Waals surface area contributed by atoms with Crippen LogP contribution < -0.4 is 0 Å². The Balaban J connectivity index is 1.64. The molecule has 0 saturated heterocycles. The molecule has 0 fully saturated rings. The summed E-state index contributed by atoms with van der Waals surface area (Å²) in [6, 6.07) is 20.3. The largest absolute Gasteiger partial charge is 0.321 e. The molecule has 0 radical (unpaired) electrons. The van der Waals surface area contributed by atoms with E-state index in [1.807, 2.05) is 59.5 Å². The van der Waals surface area contributed by atoms with Gasteiger partial charge in [0, 0.05) is 18.0 Å². The molecule has 1 aromatic carbocycles. The molecule has 142 valence electrons. The van der Waals surface area contributed by atoms with Gasteiger partial charge in [0.15, 0.2) is 11.5 Å². The molecular formula is C23H20N6. The minimum atomic E-state index is 0.553. The summed E-state index contributed by atoms with van der Waals surface area (Å²) in [5.41, 5.74) is 5.89. The van der Waals surface area contributed by atoms with Gasteiger partial charge in [-0.25, -0.2) is 4.98 Å². The summed E-state index contributed by atoms with van der Waals surface area (Å²) in [4.78, 5) is 9.46. The monoisotopic (exact) mass is 380 g/mol. The number of aryl methyl sites for hydroxylation is 1. The molecule has 4 heterocycles. The maximum absolute atomic E-state index is 4.73. The van der Waals surface area contributed by atoms with Crippen molar-refractivity contribution >= 4 is 5.65 Å². The van der Waals surface area contributed by atoms with Crippen LogP contribution in [0.1, 0.15) is 18.3 Å². The Morgan fingerprint density at radius 3 is 2.52 bits per heavy atom. The van der Waals surface area contributed by atoms with Crippen LogP contribution in [0.15, 0.2) is 79.4 Å². The van der Waals surface area contributed by atoms with E-state index < -0.39 is 0 Å². The van der Waals surface area contributed by atoms with Crippen LogP contribution >= 0.6 is 0 Å².